The third-order valence-corrected chi connectivity index (χ3v) is 9.27. The zero-order chi connectivity index (χ0) is 31.9. The van der Waals surface area contributed by atoms with Crippen LogP contribution >= 0.6 is 0 Å². The molecule has 0 aliphatic rings. The van der Waals surface area contributed by atoms with Crippen molar-refractivity contribution in [3.8, 4) is 33.4 Å². The number of fused-ring (bicyclic) bond motifs is 5. The maximum atomic E-state index is 6.42. The Morgan fingerprint density at radius 1 is 0.312 bits per heavy atom. The van der Waals surface area contributed by atoms with Crippen LogP contribution in [-0.2, 0) is 0 Å². The van der Waals surface area contributed by atoms with Crippen molar-refractivity contribution in [2.75, 3.05) is 4.90 Å². The van der Waals surface area contributed by atoms with Crippen LogP contribution in [0.4, 0.5) is 17.1 Å². The van der Waals surface area contributed by atoms with Crippen molar-refractivity contribution >= 4 is 49.8 Å². The van der Waals surface area contributed by atoms with Gasteiger partial charge in [0.15, 0.2) is 0 Å². The maximum Gasteiger partial charge on any atom is 0.136 e. The lowest BCUT2D eigenvalue weighted by molar-refractivity contribution is 0.669. The zero-order valence-corrected chi connectivity index (χ0v) is 26.3. The molecule has 226 valence electrons. The van der Waals surface area contributed by atoms with E-state index in [1.54, 1.807) is 0 Å². The number of benzene rings is 8. The van der Waals surface area contributed by atoms with Crippen LogP contribution in [0, 0.1) is 0 Å². The summed E-state index contributed by atoms with van der Waals surface area (Å²) in [5.41, 5.74) is 12.2. The number of para-hydroxylation sites is 1. The minimum Gasteiger partial charge on any atom is -0.456 e. The van der Waals surface area contributed by atoms with E-state index in [1.807, 2.05) is 6.07 Å². The van der Waals surface area contributed by atoms with Crippen molar-refractivity contribution in [3.63, 3.8) is 0 Å². The molecule has 0 N–H and O–H groups in total. The fourth-order valence-electron chi connectivity index (χ4n) is 6.94. The van der Waals surface area contributed by atoms with Gasteiger partial charge < -0.3 is 9.32 Å². The SMILES string of the molecule is c1ccc(-c2ccc(N(c3ccc(-c4ccccc4)cc3)c3ccc4c(c3)c(-c3ccccc3)cc3oc5ccccc5c34)cc2)cc1. The minimum atomic E-state index is 0.903. The predicted octanol–water partition coefficient (Wildman–Crippen LogP) is 13.2. The van der Waals surface area contributed by atoms with Crippen LogP contribution in [-0.4, -0.2) is 0 Å². The molecule has 2 nitrogen and oxygen atoms in total. The van der Waals surface area contributed by atoms with E-state index >= 15 is 0 Å². The highest BCUT2D eigenvalue weighted by atomic mass is 16.3. The monoisotopic (exact) mass is 613 g/mol. The molecule has 0 radical (unpaired) electrons. The number of furan rings is 1. The summed E-state index contributed by atoms with van der Waals surface area (Å²) in [4.78, 5) is 2.36. The summed E-state index contributed by atoms with van der Waals surface area (Å²) >= 11 is 0. The first kappa shape index (κ1) is 27.9. The molecule has 9 rings (SSSR count). The van der Waals surface area contributed by atoms with Crippen molar-refractivity contribution in [1.82, 2.24) is 0 Å². The van der Waals surface area contributed by atoms with Gasteiger partial charge in [-0.2, -0.15) is 0 Å². The zero-order valence-electron chi connectivity index (χ0n) is 26.3. The summed E-state index contributed by atoms with van der Waals surface area (Å²) in [7, 11) is 0. The third kappa shape index (κ3) is 4.92. The molecule has 8 aromatic carbocycles. The summed E-state index contributed by atoms with van der Waals surface area (Å²) in [6.07, 6.45) is 0. The van der Waals surface area contributed by atoms with E-state index in [-0.39, 0.29) is 0 Å². The molecule has 0 spiro atoms. The van der Waals surface area contributed by atoms with Crippen molar-refractivity contribution in [3.05, 3.63) is 188 Å². The Kier molecular flexibility index (Phi) is 6.84. The third-order valence-electron chi connectivity index (χ3n) is 9.27. The second-order valence-electron chi connectivity index (χ2n) is 12.2. The van der Waals surface area contributed by atoms with Gasteiger partial charge >= 0.3 is 0 Å². The Hall–Kier alpha value is -6.38. The first-order valence-corrected chi connectivity index (χ1v) is 16.3. The lowest BCUT2D eigenvalue weighted by Gasteiger charge is -2.26. The molecule has 1 aromatic heterocycles. The van der Waals surface area contributed by atoms with Crippen molar-refractivity contribution < 1.29 is 4.42 Å². The van der Waals surface area contributed by atoms with Gasteiger partial charge in [-0.15, -0.1) is 0 Å². The average Bonchev–Trinajstić information content (AvgIpc) is 3.55. The van der Waals surface area contributed by atoms with Crippen molar-refractivity contribution in [1.29, 1.82) is 0 Å². The van der Waals surface area contributed by atoms with Crippen molar-refractivity contribution in [2.24, 2.45) is 0 Å². The largest absolute Gasteiger partial charge is 0.456 e. The quantitative estimate of drug-likeness (QED) is 0.185. The fraction of sp³-hybridized carbons (Fsp3) is 0. The van der Waals surface area contributed by atoms with E-state index in [2.05, 4.69) is 187 Å². The van der Waals surface area contributed by atoms with Crippen LogP contribution in [0.15, 0.2) is 192 Å². The molecule has 1 heterocycles. The molecule has 0 atom stereocenters. The molecule has 0 aliphatic carbocycles. The minimum absolute atomic E-state index is 0.903. The van der Waals surface area contributed by atoms with Crippen LogP contribution in [0.1, 0.15) is 0 Å². The Labute approximate surface area is 279 Å². The van der Waals surface area contributed by atoms with E-state index in [9.17, 15) is 0 Å². The Balaban J connectivity index is 1.25. The molecule has 0 fully saturated rings. The number of hydrogen-bond donors (Lipinski definition) is 0. The van der Waals surface area contributed by atoms with Crippen molar-refractivity contribution in [2.45, 2.75) is 0 Å². The molecule has 0 saturated heterocycles. The average molecular weight is 614 g/mol. The first-order chi connectivity index (χ1) is 23.8. The van der Waals surface area contributed by atoms with Crippen LogP contribution < -0.4 is 4.90 Å². The second-order valence-corrected chi connectivity index (χ2v) is 12.2. The highest BCUT2D eigenvalue weighted by Gasteiger charge is 2.19. The second kappa shape index (κ2) is 11.8. The Morgan fingerprint density at radius 3 is 1.38 bits per heavy atom. The van der Waals surface area contributed by atoms with Gasteiger partial charge in [-0.1, -0.05) is 140 Å². The molecule has 0 amide bonds. The topological polar surface area (TPSA) is 16.4 Å². The lowest BCUT2D eigenvalue weighted by Crippen LogP contribution is -2.10. The van der Waals surface area contributed by atoms with Gasteiger partial charge in [0.2, 0.25) is 0 Å². The summed E-state index contributed by atoms with van der Waals surface area (Å²) in [6, 6.07) is 66.9. The molecular weight excluding hydrogens is 583 g/mol. The van der Waals surface area contributed by atoms with E-state index in [4.69, 9.17) is 4.42 Å². The standard InChI is InChI=1S/C46H31NO/c1-4-12-32(13-5-1)34-20-24-37(25-21-34)47(38-26-22-35(23-27-38)33-14-6-2-7-15-33)39-28-29-40-43(30-39)42(36-16-8-3-9-17-36)31-45-46(40)41-18-10-11-19-44(41)48-45/h1-31H. The molecule has 0 aliphatic heterocycles. The van der Waals surface area contributed by atoms with Crippen LogP contribution in [0.25, 0.3) is 66.1 Å². The number of hydrogen-bond acceptors (Lipinski definition) is 2. The van der Waals surface area contributed by atoms with E-state index in [0.29, 0.717) is 0 Å². The first-order valence-electron chi connectivity index (χ1n) is 16.3. The highest BCUT2D eigenvalue weighted by molar-refractivity contribution is 6.22. The van der Waals surface area contributed by atoms with E-state index in [1.165, 1.54) is 33.0 Å². The lowest BCUT2D eigenvalue weighted by atomic mass is 9.94. The van der Waals surface area contributed by atoms with Gasteiger partial charge in [0.05, 0.1) is 0 Å². The Morgan fingerprint density at radius 2 is 0.792 bits per heavy atom. The normalized spacial score (nSPS) is 11.3. The maximum absolute atomic E-state index is 6.42. The van der Waals surface area contributed by atoms with Gasteiger partial charge in [-0.25, -0.2) is 0 Å². The van der Waals surface area contributed by atoms with Gasteiger partial charge in [-0.3, -0.25) is 0 Å². The highest BCUT2D eigenvalue weighted by Crippen LogP contribution is 2.44. The predicted molar refractivity (Wildman–Crippen MR) is 202 cm³/mol. The molecule has 0 unspecified atom stereocenters. The molecule has 2 heteroatoms. The summed E-state index contributed by atoms with van der Waals surface area (Å²) in [5.74, 6) is 0. The molecule has 48 heavy (non-hydrogen) atoms. The summed E-state index contributed by atoms with van der Waals surface area (Å²) < 4.78 is 6.42. The van der Waals surface area contributed by atoms with E-state index < -0.39 is 0 Å². The summed E-state index contributed by atoms with van der Waals surface area (Å²) in [6.45, 7) is 0. The van der Waals surface area contributed by atoms with Gasteiger partial charge in [-0.05, 0) is 92.7 Å². The van der Waals surface area contributed by atoms with Gasteiger partial charge in [0.1, 0.15) is 11.2 Å². The number of rotatable bonds is 6. The Bertz CT molecular complexity index is 2430. The molecule has 0 saturated carbocycles. The van der Waals surface area contributed by atoms with Crippen LogP contribution in [0.3, 0.4) is 0 Å². The smallest absolute Gasteiger partial charge is 0.136 e. The number of anilines is 3. The number of nitrogens with zero attached hydrogens (tertiary/aromatic N) is 1. The molecule has 0 bridgehead atoms. The fourth-order valence-corrected chi connectivity index (χ4v) is 6.94. The molecular formula is C46H31NO. The molecule has 9 aromatic rings. The van der Waals surface area contributed by atoms with Gasteiger partial charge in [0, 0.05) is 27.8 Å². The van der Waals surface area contributed by atoms with Gasteiger partial charge in [0.25, 0.3) is 0 Å². The summed E-state index contributed by atoms with van der Waals surface area (Å²) in [5, 5.41) is 4.65. The van der Waals surface area contributed by atoms with Crippen LogP contribution in [0.5, 0.6) is 0 Å². The van der Waals surface area contributed by atoms with Crippen LogP contribution in [0.2, 0.25) is 0 Å². The van der Waals surface area contributed by atoms with E-state index in [0.717, 1.165) is 50.1 Å².